The number of nitrogens with zero attached hydrogens (tertiary/aromatic N) is 3. The highest BCUT2D eigenvalue weighted by Gasteiger charge is 2.55. The standard InChI is InChI=1S/C18H21Cl2N5O3/c19-12-9-13(20)21-14(10-12)24-5-7-25(8-6-24)15(26)3-4-18(11-1-2-11)16(27)22-17(28)23-18/h9-11H,1-8H2,(H2,22,23,27,28). The molecule has 28 heavy (non-hydrogen) atoms. The molecule has 1 aromatic heterocycles. The van der Waals surface area contributed by atoms with Gasteiger partial charge in [-0.2, -0.15) is 0 Å². The van der Waals surface area contributed by atoms with Gasteiger partial charge in [-0.1, -0.05) is 23.2 Å². The number of carbonyl (C=O) groups is 3. The number of piperazine rings is 1. The Kier molecular flexibility index (Phi) is 5.09. The Labute approximate surface area is 172 Å². The number of halogens is 2. The van der Waals surface area contributed by atoms with Gasteiger partial charge in [0.1, 0.15) is 16.5 Å². The van der Waals surface area contributed by atoms with Crippen molar-refractivity contribution < 1.29 is 14.4 Å². The predicted octanol–water partition coefficient (Wildman–Crippen LogP) is 1.81. The zero-order valence-electron chi connectivity index (χ0n) is 15.2. The first kappa shape index (κ1) is 19.3. The number of amides is 4. The van der Waals surface area contributed by atoms with Crippen LogP contribution >= 0.6 is 23.2 Å². The molecule has 0 aromatic carbocycles. The molecule has 3 fully saturated rings. The maximum absolute atomic E-state index is 12.7. The molecule has 3 heterocycles. The molecule has 2 aliphatic heterocycles. The van der Waals surface area contributed by atoms with E-state index in [1.807, 2.05) is 4.90 Å². The van der Waals surface area contributed by atoms with Crippen LogP contribution in [0.1, 0.15) is 25.7 Å². The Hall–Kier alpha value is -2.06. The van der Waals surface area contributed by atoms with Crippen molar-refractivity contribution in [2.24, 2.45) is 5.92 Å². The molecule has 150 valence electrons. The summed E-state index contributed by atoms with van der Waals surface area (Å²) >= 11 is 12.0. The number of nitrogens with one attached hydrogen (secondary N) is 2. The third-order valence-corrected chi connectivity index (χ3v) is 6.09. The van der Waals surface area contributed by atoms with Gasteiger partial charge in [0.15, 0.2) is 0 Å². The fourth-order valence-corrected chi connectivity index (χ4v) is 4.47. The number of imide groups is 1. The number of rotatable bonds is 5. The lowest BCUT2D eigenvalue weighted by Crippen LogP contribution is -2.52. The summed E-state index contributed by atoms with van der Waals surface area (Å²) in [4.78, 5) is 44.7. The molecular weight excluding hydrogens is 405 g/mol. The lowest BCUT2D eigenvalue weighted by molar-refractivity contribution is -0.132. The molecule has 3 aliphatic rings. The summed E-state index contributed by atoms with van der Waals surface area (Å²) in [5, 5.41) is 5.94. The fraction of sp³-hybridized carbons (Fsp3) is 0.556. The van der Waals surface area contributed by atoms with E-state index in [9.17, 15) is 14.4 Å². The van der Waals surface area contributed by atoms with Crippen LogP contribution in [0.25, 0.3) is 0 Å². The minimum Gasteiger partial charge on any atom is -0.353 e. The molecule has 1 atom stereocenters. The van der Waals surface area contributed by atoms with Crippen LogP contribution < -0.4 is 15.5 Å². The summed E-state index contributed by atoms with van der Waals surface area (Å²) in [6, 6.07) is 2.87. The van der Waals surface area contributed by atoms with Crippen molar-refractivity contribution >= 4 is 46.9 Å². The summed E-state index contributed by atoms with van der Waals surface area (Å²) in [6.07, 6.45) is 2.36. The van der Waals surface area contributed by atoms with Gasteiger partial charge in [0.2, 0.25) is 5.91 Å². The van der Waals surface area contributed by atoms with E-state index >= 15 is 0 Å². The van der Waals surface area contributed by atoms with Crippen LogP contribution in [0.3, 0.4) is 0 Å². The van der Waals surface area contributed by atoms with Gasteiger partial charge in [0.05, 0.1) is 0 Å². The molecule has 4 amide bonds. The molecule has 4 rings (SSSR count). The van der Waals surface area contributed by atoms with Crippen LogP contribution in [0.5, 0.6) is 0 Å². The second kappa shape index (κ2) is 7.40. The minimum absolute atomic E-state index is 0.00860. The van der Waals surface area contributed by atoms with E-state index in [4.69, 9.17) is 23.2 Å². The van der Waals surface area contributed by atoms with Crippen molar-refractivity contribution in [3.05, 3.63) is 22.3 Å². The molecule has 0 radical (unpaired) electrons. The van der Waals surface area contributed by atoms with Gasteiger partial charge < -0.3 is 15.1 Å². The Balaban J connectivity index is 1.33. The van der Waals surface area contributed by atoms with Crippen molar-refractivity contribution in [1.82, 2.24) is 20.5 Å². The van der Waals surface area contributed by atoms with Gasteiger partial charge >= 0.3 is 6.03 Å². The second-order valence-corrected chi connectivity index (χ2v) is 8.31. The largest absolute Gasteiger partial charge is 0.353 e. The smallest absolute Gasteiger partial charge is 0.322 e. The van der Waals surface area contributed by atoms with Crippen LogP contribution in [0.15, 0.2) is 12.1 Å². The van der Waals surface area contributed by atoms with Crippen molar-refractivity contribution in [3.8, 4) is 0 Å². The van der Waals surface area contributed by atoms with Crippen LogP contribution in [0.4, 0.5) is 10.6 Å². The van der Waals surface area contributed by atoms with Crippen LogP contribution in [-0.2, 0) is 9.59 Å². The SMILES string of the molecule is O=C1NC(=O)C(CCC(=O)N2CCN(c3cc(Cl)cc(Cl)n3)CC2)(C2CC2)N1. The number of hydrogen-bond donors (Lipinski definition) is 2. The number of pyridine rings is 1. The van der Waals surface area contributed by atoms with Gasteiger partial charge in [-0.15, -0.1) is 0 Å². The Morgan fingerprint density at radius 3 is 2.46 bits per heavy atom. The number of anilines is 1. The second-order valence-electron chi connectivity index (χ2n) is 7.49. The topological polar surface area (TPSA) is 94.6 Å². The maximum atomic E-state index is 12.7. The first-order valence-corrected chi connectivity index (χ1v) is 10.1. The number of hydrogen-bond acceptors (Lipinski definition) is 5. The van der Waals surface area contributed by atoms with Gasteiger partial charge in [0.25, 0.3) is 5.91 Å². The minimum atomic E-state index is -0.921. The number of carbonyl (C=O) groups excluding carboxylic acids is 3. The first-order valence-electron chi connectivity index (χ1n) is 9.37. The molecule has 1 saturated carbocycles. The summed E-state index contributed by atoms with van der Waals surface area (Å²) in [5.41, 5.74) is -0.921. The Morgan fingerprint density at radius 2 is 1.89 bits per heavy atom. The molecule has 0 bridgehead atoms. The van der Waals surface area contributed by atoms with Gasteiger partial charge in [-0.25, -0.2) is 9.78 Å². The van der Waals surface area contributed by atoms with Gasteiger partial charge in [-0.05, 0) is 37.3 Å². The summed E-state index contributed by atoms with van der Waals surface area (Å²) in [6.45, 7) is 2.36. The quantitative estimate of drug-likeness (QED) is 0.553. The van der Waals surface area contributed by atoms with E-state index in [0.717, 1.165) is 12.8 Å². The number of aromatic nitrogens is 1. The lowest BCUT2D eigenvalue weighted by Gasteiger charge is -2.36. The molecular formula is C18H21Cl2N5O3. The average Bonchev–Trinajstić information content (AvgIpc) is 3.45. The predicted molar refractivity (Wildman–Crippen MR) is 104 cm³/mol. The molecule has 0 spiro atoms. The first-order chi connectivity index (χ1) is 13.4. The van der Waals surface area contributed by atoms with Crippen molar-refractivity contribution in [1.29, 1.82) is 0 Å². The van der Waals surface area contributed by atoms with E-state index in [0.29, 0.717) is 48.6 Å². The fourth-order valence-electron chi connectivity index (χ4n) is 4.01. The Bertz CT molecular complexity index is 803. The summed E-state index contributed by atoms with van der Waals surface area (Å²) in [7, 11) is 0. The summed E-state index contributed by atoms with van der Waals surface area (Å²) < 4.78 is 0. The summed E-state index contributed by atoms with van der Waals surface area (Å²) in [5.74, 6) is 0.511. The molecule has 2 N–H and O–H groups in total. The lowest BCUT2D eigenvalue weighted by atomic mass is 9.87. The third kappa shape index (κ3) is 3.75. The van der Waals surface area contributed by atoms with E-state index in [1.54, 1.807) is 17.0 Å². The molecule has 1 aliphatic carbocycles. The van der Waals surface area contributed by atoms with E-state index < -0.39 is 11.6 Å². The van der Waals surface area contributed by atoms with E-state index in [-0.39, 0.29) is 24.2 Å². The van der Waals surface area contributed by atoms with Crippen LogP contribution in [0.2, 0.25) is 10.2 Å². The van der Waals surface area contributed by atoms with Gasteiger partial charge in [-0.3, -0.25) is 14.9 Å². The third-order valence-electron chi connectivity index (χ3n) is 5.68. The molecule has 1 unspecified atom stereocenters. The highest BCUT2D eigenvalue weighted by molar-refractivity contribution is 6.34. The molecule has 1 aromatic rings. The highest BCUT2D eigenvalue weighted by Crippen LogP contribution is 2.43. The highest BCUT2D eigenvalue weighted by atomic mass is 35.5. The van der Waals surface area contributed by atoms with Gasteiger partial charge in [0, 0.05) is 37.6 Å². The average molecular weight is 426 g/mol. The monoisotopic (exact) mass is 425 g/mol. The van der Waals surface area contributed by atoms with Crippen molar-refractivity contribution in [2.75, 3.05) is 31.1 Å². The van der Waals surface area contributed by atoms with E-state index in [1.165, 1.54) is 0 Å². The van der Waals surface area contributed by atoms with E-state index in [2.05, 4.69) is 15.6 Å². The molecule has 8 nitrogen and oxygen atoms in total. The normalized spacial score (nSPS) is 24.9. The zero-order valence-corrected chi connectivity index (χ0v) is 16.7. The van der Waals surface area contributed by atoms with Crippen LogP contribution in [-0.4, -0.2) is 59.4 Å². The zero-order chi connectivity index (χ0) is 19.9. The molecule has 2 saturated heterocycles. The van der Waals surface area contributed by atoms with Crippen molar-refractivity contribution in [2.45, 2.75) is 31.2 Å². The number of urea groups is 1. The Morgan fingerprint density at radius 1 is 1.18 bits per heavy atom. The maximum Gasteiger partial charge on any atom is 0.322 e. The molecule has 10 heteroatoms. The van der Waals surface area contributed by atoms with Crippen LogP contribution in [0, 0.1) is 5.92 Å². The van der Waals surface area contributed by atoms with Crippen molar-refractivity contribution in [3.63, 3.8) is 0 Å².